The van der Waals surface area contributed by atoms with Crippen LogP contribution in [0.3, 0.4) is 0 Å². The highest BCUT2D eigenvalue weighted by atomic mass is 16.5. The molecular formula is C12H19N3O2. The van der Waals surface area contributed by atoms with E-state index >= 15 is 0 Å². The molecule has 0 amide bonds. The number of imidazole rings is 1. The Morgan fingerprint density at radius 3 is 3.06 bits per heavy atom. The van der Waals surface area contributed by atoms with Gasteiger partial charge < -0.3 is 14.6 Å². The van der Waals surface area contributed by atoms with Gasteiger partial charge in [0.1, 0.15) is 0 Å². The molecule has 1 heterocycles. The molecule has 0 aromatic carbocycles. The van der Waals surface area contributed by atoms with Gasteiger partial charge in [0.05, 0.1) is 31.1 Å². The van der Waals surface area contributed by atoms with Crippen molar-refractivity contribution in [2.45, 2.75) is 38.3 Å². The van der Waals surface area contributed by atoms with Crippen molar-refractivity contribution in [2.24, 2.45) is 0 Å². The number of hydrogen-bond acceptors (Lipinski definition) is 4. The Kier molecular flexibility index (Phi) is 3.78. The van der Waals surface area contributed by atoms with Gasteiger partial charge in [-0.25, -0.2) is 4.98 Å². The predicted molar refractivity (Wildman–Crippen MR) is 63.5 cm³/mol. The van der Waals surface area contributed by atoms with Crippen molar-refractivity contribution in [3.63, 3.8) is 0 Å². The molecule has 0 aliphatic heterocycles. The molecule has 2 rings (SSSR count). The van der Waals surface area contributed by atoms with Gasteiger partial charge in [0.2, 0.25) is 0 Å². The van der Waals surface area contributed by atoms with Gasteiger partial charge in [-0.05, 0) is 26.8 Å². The zero-order chi connectivity index (χ0) is 12.3. The second-order valence-electron chi connectivity index (χ2n) is 4.31. The van der Waals surface area contributed by atoms with E-state index in [0.29, 0.717) is 19.1 Å². The van der Waals surface area contributed by atoms with E-state index in [2.05, 4.69) is 14.9 Å². The molecule has 1 saturated carbocycles. The molecule has 94 valence electrons. The number of rotatable bonds is 6. The number of nitrogens with one attached hydrogen (secondary N) is 1. The number of ether oxygens (including phenoxy) is 1. The van der Waals surface area contributed by atoms with Crippen molar-refractivity contribution in [3.8, 4) is 0 Å². The summed E-state index contributed by atoms with van der Waals surface area (Å²) in [4.78, 5) is 15.7. The smallest absolute Gasteiger partial charge is 0.307 e. The van der Waals surface area contributed by atoms with Gasteiger partial charge in [-0.15, -0.1) is 0 Å². The first-order valence-electron chi connectivity index (χ1n) is 6.10. The molecule has 0 bridgehead atoms. The highest BCUT2D eigenvalue weighted by Crippen LogP contribution is 2.37. The zero-order valence-corrected chi connectivity index (χ0v) is 10.3. The maximum absolute atomic E-state index is 11.5. The molecule has 17 heavy (non-hydrogen) atoms. The van der Waals surface area contributed by atoms with E-state index in [1.165, 1.54) is 12.8 Å². The lowest BCUT2D eigenvalue weighted by Gasteiger charge is -2.17. The third-order valence-corrected chi connectivity index (χ3v) is 3.02. The summed E-state index contributed by atoms with van der Waals surface area (Å²) >= 11 is 0. The van der Waals surface area contributed by atoms with Crippen LogP contribution >= 0.6 is 0 Å². The number of carbonyl (C=O) groups excluding carboxylic acids is 1. The van der Waals surface area contributed by atoms with E-state index in [1.54, 1.807) is 0 Å². The van der Waals surface area contributed by atoms with Crippen molar-refractivity contribution in [1.29, 1.82) is 0 Å². The average Bonchev–Trinajstić information content (AvgIpc) is 3.05. The lowest BCUT2D eigenvalue weighted by molar-refractivity contribution is -0.143. The fraction of sp³-hybridized carbons (Fsp3) is 0.667. The van der Waals surface area contributed by atoms with E-state index in [4.69, 9.17) is 4.74 Å². The monoisotopic (exact) mass is 237 g/mol. The summed E-state index contributed by atoms with van der Waals surface area (Å²) in [5.74, 6) is -0.171. The minimum absolute atomic E-state index is 0.0165. The predicted octanol–water partition coefficient (Wildman–Crippen LogP) is 1.43. The third kappa shape index (κ3) is 2.85. The molecule has 1 atom stereocenters. The fourth-order valence-electron chi connectivity index (χ4n) is 1.98. The molecule has 0 radical (unpaired) electrons. The highest BCUT2D eigenvalue weighted by Gasteiger charge is 2.28. The van der Waals surface area contributed by atoms with Crippen molar-refractivity contribution in [2.75, 3.05) is 13.7 Å². The first-order valence-corrected chi connectivity index (χ1v) is 6.10. The van der Waals surface area contributed by atoms with E-state index < -0.39 is 0 Å². The van der Waals surface area contributed by atoms with Gasteiger partial charge in [-0.1, -0.05) is 0 Å². The number of aromatic nitrogens is 2. The minimum Gasteiger partial charge on any atom is -0.466 e. The number of nitrogens with zero attached hydrogens (tertiary/aromatic N) is 2. The van der Waals surface area contributed by atoms with E-state index in [-0.39, 0.29) is 12.0 Å². The summed E-state index contributed by atoms with van der Waals surface area (Å²) in [6.45, 7) is 2.25. The maximum atomic E-state index is 11.5. The van der Waals surface area contributed by atoms with E-state index in [0.717, 1.165) is 5.69 Å². The molecular weight excluding hydrogens is 218 g/mol. The average molecular weight is 237 g/mol. The van der Waals surface area contributed by atoms with Crippen molar-refractivity contribution >= 4 is 5.97 Å². The van der Waals surface area contributed by atoms with Crippen LogP contribution in [0.4, 0.5) is 0 Å². The summed E-state index contributed by atoms with van der Waals surface area (Å²) in [7, 11) is 1.86. The first-order chi connectivity index (χ1) is 8.26. The molecule has 1 fully saturated rings. The lowest BCUT2D eigenvalue weighted by Crippen LogP contribution is -2.23. The van der Waals surface area contributed by atoms with Crippen LogP contribution in [-0.4, -0.2) is 29.2 Å². The molecule has 5 heteroatoms. The van der Waals surface area contributed by atoms with Crippen LogP contribution in [0.1, 0.15) is 44.0 Å². The molecule has 0 spiro atoms. The van der Waals surface area contributed by atoms with E-state index in [1.807, 2.05) is 26.5 Å². The number of hydrogen-bond donors (Lipinski definition) is 1. The van der Waals surface area contributed by atoms with Gasteiger partial charge >= 0.3 is 5.97 Å². The molecule has 1 N–H and O–H groups in total. The van der Waals surface area contributed by atoms with Gasteiger partial charge in [-0.3, -0.25) is 4.79 Å². The van der Waals surface area contributed by atoms with Crippen LogP contribution in [0.25, 0.3) is 0 Å². The molecule has 1 unspecified atom stereocenters. The molecule has 1 aliphatic carbocycles. The second-order valence-corrected chi connectivity index (χ2v) is 4.31. The molecule has 5 nitrogen and oxygen atoms in total. The highest BCUT2D eigenvalue weighted by molar-refractivity contribution is 5.70. The Morgan fingerprint density at radius 2 is 2.47 bits per heavy atom. The van der Waals surface area contributed by atoms with Crippen molar-refractivity contribution in [3.05, 3.63) is 18.2 Å². The second kappa shape index (κ2) is 5.31. The Balaban J connectivity index is 2.06. The molecule has 1 aromatic heterocycles. The SMILES string of the molecule is CCOC(=O)CC(NC)c1cncn1C1CC1. The summed E-state index contributed by atoms with van der Waals surface area (Å²) in [5.41, 5.74) is 1.07. The summed E-state index contributed by atoms with van der Waals surface area (Å²) in [6, 6.07) is 0.558. The Labute approximate surface area is 101 Å². The van der Waals surface area contributed by atoms with Crippen LogP contribution in [0.15, 0.2) is 12.5 Å². The topological polar surface area (TPSA) is 56.1 Å². The zero-order valence-electron chi connectivity index (χ0n) is 10.3. The molecule has 0 saturated heterocycles. The fourth-order valence-corrected chi connectivity index (χ4v) is 1.98. The van der Waals surface area contributed by atoms with Crippen molar-refractivity contribution < 1.29 is 9.53 Å². The maximum Gasteiger partial charge on any atom is 0.307 e. The minimum atomic E-state index is -0.171. The van der Waals surface area contributed by atoms with E-state index in [9.17, 15) is 4.79 Å². The summed E-state index contributed by atoms with van der Waals surface area (Å²) < 4.78 is 7.15. The van der Waals surface area contributed by atoms with Crippen molar-refractivity contribution in [1.82, 2.24) is 14.9 Å². The number of esters is 1. The summed E-state index contributed by atoms with van der Waals surface area (Å²) in [6.07, 6.45) is 6.45. The van der Waals surface area contributed by atoms with Crippen LogP contribution in [0, 0.1) is 0 Å². The largest absolute Gasteiger partial charge is 0.466 e. The molecule has 1 aliphatic rings. The van der Waals surface area contributed by atoms with Gasteiger partial charge in [0.15, 0.2) is 0 Å². The standard InChI is InChI=1S/C12H19N3O2/c1-3-17-12(16)6-10(13-2)11-7-14-8-15(11)9-4-5-9/h7-10,13H,3-6H2,1-2H3. The van der Waals surface area contributed by atoms with Crippen LogP contribution in [-0.2, 0) is 9.53 Å². The summed E-state index contributed by atoms with van der Waals surface area (Å²) in [5, 5.41) is 3.16. The molecule has 1 aromatic rings. The normalized spacial score (nSPS) is 16.8. The number of carbonyl (C=O) groups is 1. The van der Waals surface area contributed by atoms with Gasteiger partial charge in [-0.2, -0.15) is 0 Å². The van der Waals surface area contributed by atoms with Crippen LogP contribution in [0.2, 0.25) is 0 Å². The van der Waals surface area contributed by atoms with Gasteiger partial charge in [0, 0.05) is 12.2 Å². The quantitative estimate of drug-likeness (QED) is 0.760. The lowest BCUT2D eigenvalue weighted by atomic mass is 10.1. The Hall–Kier alpha value is -1.36. The third-order valence-electron chi connectivity index (χ3n) is 3.02. The Morgan fingerprint density at radius 1 is 1.71 bits per heavy atom. The van der Waals surface area contributed by atoms with Crippen LogP contribution < -0.4 is 5.32 Å². The van der Waals surface area contributed by atoms with Crippen LogP contribution in [0.5, 0.6) is 0 Å². The van der Waals surface area contributed by atoms with Gasteiger partial charge in [0.25, 0.3) is 0 Å². The first kappa shape index (κ1) is 12.1. The Bertz CT molecular complexity index is 385.